The average Bonchev–Trinajstić information content (AvgIpc) is 2.55. The summed E-state index contributed by atoms with van der Waals surface area (Å²) >= 11 is 0. The highest BCUT2D eigenvalue weighted by Gasteiger charge is 2.17. The first-order valence-corrected chi connectivity index (χ1v) is 8.22. The highest BCUT2D eigenvalue weighted by Crippen LogP contribution is 2.33. The Morgan fingerprint density at radius 3 is 1.61 bits per heavy atom. The summed E-state index contributed by atoms with van der Waals surface area (Å²) in [7, 11) is 0. The van der Waals surface area contributed by atoms with Crippen molar-refractivity contribution in [2.24, 2.45) is 0 Å². The monoisotopic (exact) mass is 300 g/mol. The lowest BCUT2D eigenvalue weighted by Gasteiger charge is -2.23. The Labute approximate surface area is 139 Å². The van der Waals surface area contributed by atoms with E-state index in [0.29, 0.717) is 0 Å². The summed E-state index contributed by atoms with van der Waals surface area (Å²) in [6, 6.07) is 26.3. The second-order valence-electron chi connectivity index (χ2n) is 7.24. The second kappa shape index (κ2) is 6.04. The standard InChI is InChI=1S/C23H24/c1-17-9-11-18(12-10-17)19-13-15-20(16-14-19)21-7-5-6-8-22(21)23(2,3)4/h5-16H,1-4H3. The predicted molar refractivity (Wildman–Crippen MR) is 101 cm³/mol. The lowest BCUT2D eigenvalue weighted by Crippen LogP contribution is -2.12. The van der Waals surface area contributed by atoms with E-state index in [1.165, 1.54) is 33.4 Å². The molecular formula is C23H24. The van der Waals surface area contributed by atoms with Gasteiger partial charge in [0.25, 0.3) is 0 Å². The molecule has 0 atom stereocenters. The Morgan fingerprint density at radius 2 is 1.04 bits per heavy atom. The molecule has 3 aromatic carbocycles. The van der Waals surface area contributed by atoms with Gasteiger partial charge in [-0.3, -0.25) is 0 Å². The summed E-state index contributed by atoms with van der Waals surface area (Å²) in [6.45, 7) is 8.93. The Bertz CT molecular complexity index is 785. The first-order valence-electron chi connectivity index (χ1n) is 8.22. The molecule has 0 bridgehead atoms. The van der Waals surface area contributed by atoms with Crippen LogP contribution >= 0.6 is 0 Å². The van der Waals surface area contributed by atoms with Gasteiger partial charge in [0, 0.05) is 0 Å². The molecule has 0 amide bonds. The van der Waals surface area contributed by atoms with Gasteiger partial charge in [0.1, 0.15) is 0 Å². The van der Waals surface area contributed by atoms with Crippen LogP contribution in [0.1, 0.15) is 31.9 Å². The third kappa shape index (κ3) is 3.37. The number of hydrogen-bond acceptors (Lipinski definition) is 0. The number of rotatable bonds is 2. The molecule has 116 valence electrons. The molecule has 0 heterocycles. The van der Waals surface area contributed by atoms with E-state index in [0.717, 1.165) is 0 Å². The van der Waals surface area contributed by atoms with E-state index in [2.05, 4.69) is 100 Å². The van der Waals surface area contributed by atoms with Crippen molar-refractivity contribution in [3.8, 4) is 22.3 Å². The summed E-state index contributed by atoms with van der Waals surface area (Å²) in [5.41, 5.74) is 7.98. The van der Waals surface area contributed by atoms with Gasteiger partial charge in [-0.2, -0.15) is 0 Å². The van der Waals surface area contributed by atoms with Crippen molar-refractivity contribution in [1.82, 2.24) is 0 Å². The molecule has 0 nitrogen and oxygen atoms in total. The van der Waals surface area contributed by atoms with Crippen molar-refractivity contribution < 1.29 is 0 Å². The Balaban J connectivity index is 1.99. The molecule has 3 rings (SSSR count). The number of aryl methyl sites for hydroxylation is 1. The van der Waals surface area contributed by atoms with Crippen LogP contribution in [0.5, 0.6) is 0 Å². The second-order valence-corrected chi connectivity index (χ2v) is 7.24. The number of benzene rings is 3. The van der Waals surface area contributed by atoms with Gasteiger partial charge in [0.15, 0.2) is 0 Å². The first kappa shape index (κ1) is 15.6. The van der Waals surface area contributed by atoms with Crippen LogP contribution in [0.3, 0.4) is 0 Å². The van der Waals surface area contributed by atoms with E-state index in [-0.39, 0.29) is 5.41 Å². The van der Waals surface area contributed by atoms with Crippen LogP contribution in [0.2, 0.25) is 0 Å². The minimum absolute atomic E-state index is 0.145. The maximum atomic E-state index is 2.27. The minimum atomic E-state index is 0.145. The summed E-state index contributed by atoms with van der Waals surface area (Å²) in [5.74, 6) is 0. The first-order chi connectivity index (χ1) is 10.9. The third-order valence-corrected chi connectivity index (χ3v) is 4.32. The molecule has 0 saturated carbocycles. The molecule has 3 aromatic rings. The van der Waals surface area contributed by atoms with Gasteiger partial charge < -0.3 is 0 Å². The largest absolute Gasteiger partial charge is 0.0619 e. The normalized spacial score (nSPS) is 11.5. The molecule has 0 aromatic heterocycles. The van der Waals surface area contributed by atoms with Crippen LogP contribution in [-0.2, 0) is 5.41 Å². The Morgan fingerprint density at radius 1 is 0.565 bits per heavy atom. The van der Waals surface area contributed by atoms with Gasteiger partial charge in [-0.05, 0) is 40.2 Å². The molecule has 0 aliphatic carbocycles. The van der Waals surface area contributed by atoms with Crippen molar-refractivity contribution in [3.63, 3.8) is 0 Å². The fourth-order valence-corrected chi connectivity index (χ4v) is 2.98. The van der Waals surface area contributed by atoms with Gasteiger partial charge in [-0.15, -0.1) is 0 Å². The lowest BCUT2D eigenvalue weighted by atomic mass is 9.82. The maximum absolute atomic E-state index is 2.27. The van der Waals surface area contributed by atoms with Gasteiger partial charge in [-0.25, -0.2) is 0 Å². The van der Waals surface area contributed by atoms with E-state index in [1.54, 1.807) is 0 Å². The van der Waals surface area contributed by atoms with Gasteiger partial charge in [-0.1, -0.05) is 99.1 Å². The maximum Gasteiger partial charge on any atom is -0.0126 e. The molecule has 0 aliphatic rings. The van der Waals surface area contributed by atoms with Crippen LogP contribution in [0, 0.1) is 6.92 Å². The van der Waals surface area contributed by atoms with Gasteiger partial charge in [0.05, 0.1) is 0 Å². The Hall–Kier alpha value is -2.34. The zero-order valence-electron chi connectivity index (χ0n) is 14.4. The summed E-state index contributed by atoms with van der Waals surface area (Å²) in [4.78, 5) is 0. The smallest absolute Gasteiger partial charge is 0.0126 e. The zero-order valence-corrected chi connectivity index (χ0v) is 14.4. The minimum Gasteiger partial charge on any atom is -0.0619 e. The van der Waals surface area contributed by atoms with E-state index in [1.807, 2.05) is 0 Å². The number of hydrogen-bond donors (Lipinski definition) is 0. The van der Waals surface area contributed by atoms with E-state index in [4.69, 9.17) is 0 Å². The quantitative estimate of drug-likeness (QED) is 0.498. The lowest BCUT2D eigenvalue weighted by molar-refractivity contribution is 0.592. The van der Waals surface area contributed by atoms with Crippen molar-refractivity contribution in [2.75, 3.05) is 0 Å². The molecule has 0 fully saturated rings. The highest BCUT2D eigenvalue weighted by atomic mass is 14.2. The van der Waals surface area contributed by atoms with Crippen LogP contribution in [0.25, 0.3) is 22.3 Å². The van der Waals surface area contributed by atoms with Gasteiger partial charge in [0.2, 0.25) is 0 Å². The van der Waals surface area contributed by atoms with E-state index in [9.17, 15) is 0 Å². The van der Waals surface area contributed by atoms with Crippen LogP contribution in [-0.4, -0.2) is 0 Å². The molecular weight excluding hydrogens is 276 g/mol. The van der Waals surface area contributed by atoms with E-state index < -0.39 is 0 Å². The average molecular weight is 300 g/mol. The topological polar surface area (TPSA) is 0 Å². The van der Waals surface area contributed by atoms with Crippen molar-refractivity contribution in [2.45, 2.75) is 33.1 Å². The van der Waals surface area contributed by atoms with Gasteiger partial charge >= 0.3 is 0 Å². The van der Waals surface area contributed by atoms with Crippen molar-refractivity contribution in [3.05, 3.63) is 83.9 Å². The Kier molecular flexibility index (Phi) is 4.09. The highest BCUT2D eigenvalue weighted by molar-refractivity contribution is 5.73. The SMILES string of the molecule is Cc1ccc(-c2ccc(-c3ccccc3C(C)(C)C)cc2)cc1. The molecule has 0 unspecified atom stereocenters. The van der Waals surface area contributed by atoms with E-state index >= 15 is 0 Å². The molecule has 0 saturated heterocycles. The summed E-state index contributed by atoms with van der Waals surface area (Å²) < 4.78 is 0. The zero-order chi connectivity index (χ0) is 16.4. The molecule has 23 heavy (non-hydrogen) atoms. The fraction of sp³-hybridized carbons (Fsp3) is 0.217. The predicted octanol–water partition coefficient (Wildman–Crippen LogP) is 6.63. The third-order valence-electron chi connectivity index (χ3n) is 4.32. The van der Waals surface area contributed by atoms with Crippen LogP contribution in [0.15, 0.2) is 72.8 Å². The fourth-order valence-electron chi connectivity index (χ4n) is 2.98. The van der Waals surface area contributed by atoms with Crippen molar-refractivity contribution in [1.29, 1.82) is 0 Å². The molecule has 0 N–H and O–H groups in total. The summed E-state index contributed by atoms with van der Waals surface area (Å²) in [6.07, 6.45) is 0. The van der Waals surface area contributed by atoms with Crippen LogP contribution in [0.4, 0.5) is 0 Å². The molecule has 0 radical (unpaired) electrons. The van der Waals surface area contributed by atoms with Crippen molar-refractivity contribution >= 4 is 0 Å². The summed E-state index contributed by atoms with van der Waals surface area (Å²) in [5, 5.41) is 0. The molecule has 0 aliphatic heterocycles. The van der Waals surface area contributed by atoms with Crippen LogP contribution < -0.4 is 0 Å². The molecule has 0 heteroatoms. The molecule has 0 spiro atoms.